The largest absolute Gasteiger partial charge is 0.379 e. The summed E-state index contributed by atoms with van der Waals surface area (Å²) in [5, 5.41) is 3.34. The van der Waals surface area contributed by atoms with Gasteiger partial charge < -0.3 is 15.0 Å². The highest BCUT2D eigenvalue weighted by Crippen LogP contribution is 2.22. The van der Waals surface area contributed by atoms with Crippen molar-refractivity contribution in [1.82, 2.24) is 5.32 Å². The Morgan fingerprint density at radius 2 is 2.20 bits per heavy atom. The van der Waals surface area contributed by atoms with Crippen molar-refractivity contribution in [1.29, 1.82) is 0 Å². The zero-order valence-corrected chi connectivity index (χ0v) is 12.6. The lowest BCUT2D eigenvalue weighted by Gasteiger charge is -2.27. The Hall–Kier alpha value is -1.39. The first-order valence-corrected chi connectivity index (χ1v) is 7.36. The number of anilines is 1. The normalized spacial score (nSPS) is 21.9. The number of nitrogens with zero attached hydrogens (tertiary/aromatic N) is 1. The number of benzene rings is 1. The van der Waals surface area contributed by atoms with E-state index in [-0.39, 0.29) is 17.9 Å². The number of carbonyl (C=O) groups excluding carboxylic acids is 1. The average Bonchev–Trinajstić information content (AvgIpc) is 2.88. The predicted molar refractivity (Wildman–Crippen MR) is 81.0 cm³/mol. The van der Waals surface area contributed by atoms with Gasteiger partial charge in [-0.05, 0) is 38.1 Å². The fourth-order valence-corrected chi connectivity index (χ4v) is 2.72. The lowest BCUT2D eigenvalue weighted by atomic mass is 10.0. The van der Waals surface area contributed by atoms with Crippen molar-refractivity contribution >= 4 is 11.6 Å². The number of carbonyl (C=O) groups is 1. The van der Waals surface area contributed by atoms with E-state index in [0.29, 0.717) is 19.8 Å². The molecule has 1 fully saturated rings. The number of amides is 1. The molecule has 1 N–H and O–H groups in total. The molecule has 0 radical (unpaired) electrons. The average molecular weight is 276 g/mol. The highest BCUT2D eigenvalue weighted by molar-refractivity contribution is 5.95. The fraction of sp³-hybridized carbons (Fsp3) is 0.562. The molecular weight excluding hydrogens is 252 g/mol. The molecule has 0 spiro atoms. The van der Waals surface area contributed by atoms with E-state index < -0.39 is 0 Å². The van der Waals surface area contributed by atoms with Gasteiger partial charge in [0, 0.05) is 18.3 Å². The second-order valence-corrected chi connectivity index (χ2v) is 5.23. The van der Waals surface area contributed by atoms with Crippen LogP contribution in [0.5, 0.6) is 0 Å². The summed E-state index contributed by atoms with van der Waals surface area (Å²) < 4.78 is 5.49. The number of ether oxygens (including phenoxy) is 1. The minimum absolute atomic E-state index is 0.0876. The molecule has 2 rings (SSSR count). The van der Waals surface area contributed by atoms with Gasteiger partial charge in [-0.2, -0.15) is 0 Å². The van der Waals surface area contributed by atoms with Crippen molar-refractivity contribution in [3.8, 4) is 0 Å². The molecule has 20 heavy (non-hydrogen) atoms. The second-order valence-electron chi connectivity index (χ2n) is 5.23. The topological polar surface area (TPSA) is 41.6 Å². The molecule has 0 aliphatic carbocycles. The van der Waals surface area contributed by atoms with Gasteiger partial charge in [0.05, 0.1) is 19.1 Å². The minimum Gasteiger partial charge on any atom is -0.379 e. The molecule has 110 valence electrons. The fourth-order valence-electron chi connectivity index (χ4n) is 2.72. The van der Waals surface area contributed by atoms with E-state index in [1.165, 1.54) is 5.56 Å². The maximum atomic E-state index is 12.8. The standard InChI is InChI=1S/C16H24N2O2/c1-4-17-15-11-20-10-14(15)16(19)18(5-2)13-8-6-7-12(3)9-13/h6-9,14-15,17H,4-5,10-11H2,1-3H3. The van der Waals surface area contributed by atoms with Gasteiger partial charge in [0.1, 0.15) is 0 Å². The molecule has 1 amide bonds. The summed E-state index contributed by atoms with van der Waals surface area (Å²) in [5.74, 6) is 0.0666. The van der Waals surface area contributed by atoms with Crippen molar-refractivity contribution in [3.05, 3.63) is 29.8 Å². The molecule has 0 bridgehead atoms. The molecule has 4 nitrogen and oxygen atoms in total. The molecule has 1 aliphatic heterocycles. The van der Waals surface area contributed by atoms with Crippen LogP contribution in [0.4, 0.5) is 5.69 Å². The summed E-state index contributed by atoms with van der Waals surface area (Å²) in [6.45, 7) is 8.78. The number of aryl methyl sites for hydroxylation is 1. The van der Waals surface area contributed by atoms with Gasteiger partial charge in [0.15, 0.2) is 0 Å². The summed E-state index contributed by atoms with van der Waals surface area (Å²) >= 11 is 0. The van der Waals surface area contributed by atoms with Gasteiger partial charge in [0.2, 0.25) is 5.91 Å². The van der Waals surface area contributed by atoms with Gasteiger partial charge >= 0.3 is 0 Å². The summed E-state index contributed by atoms with van der Waals surface area (Å²) in [6.07, 6.45) is 0. The first-order chi connectivity index (χ1) is 9.67. The van der Waals surface area contributed by atoms with Crippen molar-refractivity contribution in [2.24, 2.45) is 5.92 Å². The zero-order chi connectivity index (χ0) is 14.5. The van der Waals surface area contributed by atoms with E-state index in [4.69, 9.17) is 4.74 Å². The highest BCUT2D eigenvalue weighted by atomic mass is 16.5. The van der Waals surface area contributed by atoms with E-state index in [0.717, 1.165) is 12.2 Å². The number of hydrogen-bond acceptors (Lipinski definition) is 3. The van der Waals surface area contributed by atoms with Gasteiger partial charge in [0.25, 0.3) is 0 Å². The minimum atomic E-state index is -0.0876. The van der Waals surface area contributed by atoms with Crippen LogP contribution in [0.15, 0.2) is 24.3 Å². The predicted octanol–water partition coefficient (Wildman–Crippen LogP) is 1.97. The number of rotatable bonds is 5. The van der Waals surface area contributed by atoms with E-state index in [9.17, 15) is 4.79 Å². The van der Waals surface area contributed by atoms with E-state index in [1.54, 1.807) is 0 Å². The maximum Gasteiger partial charge on any atom is 0.234 e. The third-order valence-electron chi connectivity index (χ3n) is 3.76. The van der Waals surface area contributed by atoms with Crippen LogP contribution in [0, 0.1) is 12.8 Å². The molecule has 1 aliphatic rings. The van der Waals surface area contributed by atoms with Crippen molar-refractivity contribution in [2.75, 3.05) is 31.2 Å². The number of nitrogens with one attached hydrogen (secondary N) is 1. The Bertz CT molecular complexity index is 462. The molecule has 1 heterocycles. The molecule has 1 aromatic carbocycles. The van der Waals surface area contributed by atoms with Crippen LogP contribution in [0.2, 0.25) is 0 Å². The SMILES string of the molecule is CCNC1COCC1C(=O)N(CC)c1cccc(C)c1. The van der Waals surface area contributed by atoms with E-state index >= 15 is 0 Å². The van der Waals surface area contributed by atoms with Crippen LogP contribution in [-0.4, -0.2) is 38.3 Å². The molecule has 2 atom stereocenters. The Kier molecular flexibility index (Phi) is 5.15. The van der Waals surface area contributed by atoms with Crippen molar-refractivity contribution in [2.45, 2.75) is 26.8 Å². The number of hydrogen-bond donors (Lipinski definition) is 1. The molecule has 1 aromatic rings. The van der Waals surface area contributed by atoms with Crippen LogP contribution < -0.4 is 10.2 Å². The summed E-state index contributed by atoms with van der Waals surface area (Å²) in [4.78, 5) is 14.6. The highest BCUT2D eigenvalue weighted by Gasteiger charge is 2.36. The third kappa shape index (κ3) is 3.19. The van der Waals surface area contributed by atoms with Gasteiger partial charge in [-0.3, -0.25) is 4.79 Å². The van der Waals surface area contributed by atoms with Crippen LogP contribution in [0.25, 0.3) is 0 Å². The summed E-state index contributed by atoms with van der Waals surface area (Å²) in [6, 6.07) is 8.22. The number of likely N-dealkylation sites (N-methyl/N-ethyl adjacent to an activating group) is 1. The summed E-state index contributed by atoms with van der Waals surface area (Å²) in [7, 11) is 0. The molecule has 0 aromatic heterocycles. The monoisotopic (exact) mass is 276 g/mol. The third-order valence-corrected chi connectivity index (χ3v) is 3.76. The van der Waals surface area contributed by atoms with Crippen LogP contribution in [0.1, 0.15) is 19.4 Å². The Morgan fingerprint density at radius 1 is 1.40 bits per heavy atom. The zero-order valence-electron chi connectivity index (χ0n) is 12.6. The lowest BCUT2D eigenvalue weighted by Crippen LogP contribution is -2.46. The second kappa shape index (κ2) is 6.86. The van der Waals surface area contributed by atoms with Crippen LogP contribution in [0.3, 0.4) is 0 Å². The van der Waals surface area contributed by atoms with E-state index in [1.807, 2.05) is 36.9 Å². The smallest absolute Gasteiger partial charge is 0.234 e. The quantitative estimate of drug-likeness (QED) is 0.894. The Morgan fingerprint density at radius 3 is 2.85 bits per heavy atom. The molecule has 0 saturated carbocycles. The summed E-state index contributed by atoms with van der Waals surface area (Å²) in [5.41, 5.74) is 2.14. The maximum absolute atomic E-state index is 12.8. The Balaban J connectivity index is 2.16. The van der Waals surface area contributed by atoms with Gasteiger partial charge in [-0.1, -0.05) is 19.1 Å². The van der Waals surface area contributed by atoms with Crippen molar-refractivity contribution < 1.29 is 9.53 Å². The van der Waals surface area contributed by atoms with Crippen LogP contribution in [-0.2, 0) is 9.53 Å². The van der Waals surface area contributed by atoms with Crippen molar-refractivity contribution in [3.63, 3.8) is 0 Å². The van der Waals surface area contributed by atoms with Gasteiger partial charge in [-0.15, -0.1) is 0 Å². The van der Waals surface area contributed by atoms with Crippen LogP contribution >= 0.6 is 0 Å². The first-order valence-electron chi connectivity index (χ1n) is 7.36. The molecule has 1 saturated heterocycles. The molecule has 4 heteroatoms. The van der Waals surface area contributed by atoms with E-state index in [2.05, 4.69) is 18.3 Å². The lowest BCUT2D eigenvalue weighted by molar-refractivity contribution is -0.122. The first kappa shape index (κ1) is 15.0. The molecule has 2 unspecified atom stereocenters. The Labute approximate surface area is 121 Å². The molecular formula is C16H24N2O2. The van der Waals surface area contributed by atoms with Gasteiger partial charge in [-0.25, -0.2) is 0 Å².